The van der Waals surface area contributed by atoms with Crippen molar-refractivity contribution in [3.63, 3.8) is 0 Å². The first-order chi connectivity index (χ1) is 24.8. The lowest BCUT2D eigenvalue weighted by atomic mass is 10.1. The van der Waals surface area contributed by atoms with Gasteiger partial charge >= 0.3 is 23.9 Å². The van der Waals surface area contributed by atoms with Gasteiger partial charge in [0.2, 0.25) is 0 Å². The SMILES string of the molecule is C=CC(=O)OCCCCCCOC(=O)c1cc(C#Cc2ccc(OCCCCCCOC(=O)C=C)cc2)ccc1OC(=O)c1ccc(C#N)cc1. The molecule has 0 aliphatic rings. The predicted molar refractivity (Wildman–Crippen MR) is 190 cm³/mol. The van der Waals surface area contributed by atoms with Crippen molar-refractivity contribution in [3.05, 3.63) is 120 Å². The molecule has 51 heavy (non-hydrogen) atoms. The van der Waals surface area contributed by atoms with Gasteiger partial charge in [0.05, 0.1) is 43.6 Å². The molecule has 10 nitrogen and oxygen atoms in total. The van der Waals surface area contributed by atoms with Crippen LogP contribution < -0.4 is 9.47 Å². The van der Waals surface area contributed by atoms with Crippen molar-refractivity contribution in [2.45, 2.75) is 51.4 Å². The smallest absolute Gasteiger partial charge is 0.343 e. The second-order valence-corrected chi connectivity index (χ2v) is 11.1. The monoisotopic (exact) mass is 691 g/mol. The van der Waals surface area contributed by atoms with Gasteiger partial charge in [-0.05, 0) is 118 Å². The highest BCUT2D eigenvalue weighted by atomic mass is 16.6. The van der Waals surface area contributed by atoms with Crippen molar-refractivity contribution in [2.24, 2.45) is 0 Å². The van der Waals surface area contributed by atoms with Gasteiger partial charge in [0.25, 0.3) is 0 Å². The molecule has 0 aliphatic heterocycles. The van der Waals surface area contributed by atoms with Gasteiger partial charge in [0.1, 0.15) is 17.1 Å². The van der Waals surface area contributed by atoms with E-state index in [1.165, 1.54) is 36.4 Å². The quantitative estimate of drug-likeness (QED) is 0.0296. The van der Waals surface area contributed by atoms with E-state index in [0.717, 1.165) is 62.0 Å². The molecule has 0 aliphatic carbocycles. The van der Waals surface area contributed by atoms with E-state index in [2.05, 4.69) is 25.0 Å². The van der Waals surface area contributed by atoms with E-state index in [1.807, 2.05) is 30.3 Å². The van der Waals surface area contributed by atoms with Gasteiger partial charge in [-0.1, -0.05) is 25.0 Å². The number of rotatable bonds is 20. The summed E-state index contributed by atoms with van der Waals surface area (Å²) in [7, 11) is 0. The fourth-order valence-electron chi connectivity index (χ4n) is 4.49. The molecule has 0 unspecified atom stereocenters. The molecule has 0 saturated heterocycles. The zero-order valence-corrected chi connectivity index (χ0v) is 28.5. The second-order valence-electron chi connectivity index (χ2n) is 11.1. The highest BCUT2D eigenvalue weighted by molar-refractivity contribution is 5.96. The molecular formula is C41H41NO9. The Balaban J connectivity index is 1.59. The number of nitriles is 1. The first kappa shape index (κ1) is 39.3. The molecule has 0 fully saturated rings. The van der Waals surface area contributed by atoms with Crippen LogP contribution in [-0.4, -0.2) is 50.3 Å². The average Bonchev–Trinajstić information content (AvgIpc) is 3.16. The highest BCUT2D eigenvalue weighted by Gasteiger charge is 2.19. The summed E-state index contributed by atoms with van der Waals surface area (Å²) < 4.78 is 26.8. The summed E-state index contributed by atoms with van der Waals surface area (Å²) >= 11 is 0. The topological polar surface area (TPSA) is 138 Å². The average molecular weight is 692 g/mol. The molecule has 0 atom stereocenters. The Morgan fingerprint density at radius 3 is 1.67 bits per heavy atom. The number of nitrogens with zero attached hydrogens (tertiary/aromatic N) is 1. The van der Waals surface area contributed by atoms with Crippen molar-refractivity contribution in [1.29, 1.82) is 5.26 Å². The van der Waals surface area contributed by atoms with Crippen LogP contribution >= 0.6 is 0 Å². The zero-order chi connectivity index (χ0) is 36.7. The van der Waals surface area contributed by atoms with Crippen LogP contribution in [0.15, 0.2) is 92.0 Å². The lowest BCUT2D eigenvalue weighted by Crippen LogP contribution is -2.14. The third-order valence-electron chi connectivity index (χ3n) is 7.26. The van der Waals surface area contributed by atoms with E-state index in [1.54, 1.807) is 6.07 Å². The van der Waals surface area contributed by atoms with Crippen LogP contribution in [0.1, 0.15) is 88.8 Å². The Morgan fingerprint density at radius 2 is 1.10 bits per heavy atom. The number of carbonyl (C=O) groups is 4. The molecule has 10 heteroatoms. The van der Waals surface area contributed by atoms with E-state index < -0.39 is 23.9 Å². The molecule has 3 aromatic rings. The Labute approximate surface area is 298 Å². The number of carbonyl (C=O) groups excluding carboxylic acids is 4. The maximum absolute atomic E-state index is 13.2. The summed E-state index contributed by atoms with van der Waals surface area (Å²) in [4.78, 5) is 48.2. The van der Waals surface area contributed by atoms with Gasteiger partial charge in [-0.2, -0.15) is 5.26 Å². The van der Waals surface area contributed by atoms with E-state index in [0.29, 0.717) is 43.8 Å². The van der Waals surface area contributed by atoms with Gasteiger partial charge in [-0.15, -0.1) is 0 Å². The first-order valence-corrected chi connectivity index (χ1v) is 16.7. The highest BCUT2D eigenvalue weighted by Crippen LogP contribution is 2.23. The number of unbranched alkanes of at least 4 members (excludes halogenated alkanes) is 6. The number of ether oxygens (including phenoxy) is 5. The maximum Gasteiger partial charge on any atom is 0.343 e. The van der Waals surface area contributed by atoms with Crippen molar-refractivity contribution in [3.8, 4) is 29.4 Å². The van der Waals surface area contributed by atoms with E-state index in [9.17, 15) is 19.2 Å². The standard InChI is InChI=1S/C41H41NO9/c1-3-38(43)48-26-10-6-5-9-25-47-35-22-17-31(18-23-35)13-14-32-19-24-37(51-40(45)34-20-15-33(30-42)16-21-34)36(29-32)41(46)50-28-12-8-7-11-27-49-39(44)4-2/h3-4,15-24,29H,1-2,5-12,25-28H2. The minimum atomic E-state index is -0.696. The molecule has 0 N–H and O–H groups in total. The Kier molecular flexibility index (Phi) is 17.3. The molecule has 0 heterocycles. The first-order valence-electron chi connectivity index (χ1n) is 16.7. The maximum atomic E-state index is 13.2. The molecule has 0 radical (unpaired) electrons. The summed E-state index contributed by atoms with van der Waals surface area (Å²) in [6.07, 6.45) is 8.63. The van der Waals surface area contributed by atoms with Crippen LogP contribution in [0, 0.1) is 23.2 Å². The van der Waals surface area contributed by atoms with Crippen LogP contribution in [0.25, 0.3) is 0 Å². The minimum Gasteiger partial charge on any atom is -0.494 e. The Hall–Kier alpha value is -6.13. The fraction of sp³-hybridized carbons (Fsp3) is 0.293. The van der Waals surface area contributed by atoms with Gasteiger partial charge in [0.15, 0.2) is 0 Å². The number of benzene rings is 3. The molecule has 3 aromatic carbocycles. The Morgan fingerprint density at radius 1 is 0.588 bits per heavy atom. The third kappa shape index (κ3) is 14.9. The van der Waals surface area contributed by atoms with Gasteiger partial charge in [0, 0.05) is 23.3 Å². The molecule has 3 rings (SSSR count). The summed E-state index contributed by atoms with van der Waals surface area (Å²) in [5.74, 6) is 4.63. The van der Waals surface area contributed by atoms with Crippen molar-refractivity contribution in [1.82, 2.24) is 0 Å². The van der Waals surface area contributed by atoms with Crippen LogP contribution in [-0.2, 0) is 23.8 Å². The molecular weight excluding hydrogens is 650 g/mol. The summed E-state index contributed by atoms with van der Waals surface area (Å²) in [5.41, 5.74) is 1.89. The van der Waals surface area contributed by atoms with Crippen molar-refractivity contribution in [2.75, 3.05) is 26.4 Å². The largest absolute Gasteiger partial charge is 0.494 e. The molecule has 0 amide bonds. The molecule has 0 spiro atoms. The molecule has 0 aromatic heterocycles. The molecule has 0 bridgehead atoms. The number of hydrogen-bond acceptors (Lipinski definition) is 10. The van der Waals surface area contributed by atoms with E-state index in [-0.39, 0.29) is 23.5 Å². The molecule has 264 valence electrons. The van der Waals surface area contributed by atoms with Crippen LogP contribution in [0.2, 0.25) is 0 Å². The van der Waals surface area contributed by atoms with E-state index in [4.69, 9.17) is 28.9 Å². The van der Waals surface area contributed by atoms with Crippen molar-refractivity contribution >= 4 is 23.9 Å². The van der Waals surface area contributed by atoms with Crippen LogP contribution in [0.3, 0.4) is 0 Å². The third-order valence-corrected chi connectivity index (χ3v) is 7.26. The lowest BCUT2D eigenvalue weighted by molar-refractivity contribution is -0.138. The minimum absolute atomic E-state index is 0.0153. The van der Waals surface area contributed by atoms with Gasteiger partial charge in [-0.3, -0.25) is 0 Å². The molecule has 0 saturated carbocycles. The van der Waals surface area contributed by atoms with Crippen molar-refractivity contribution < 1.29 is 42.9 Å². The number of hydrogen-bond donors (Lipinski definition) is 0. The van der Waals surface area contributed by atoms with E-state index >= 15 is 0 Å². The zero-order valence-electron chi connectivity index (χ0n) is 28.5. The summed E-state index contributed by atoms with van der Waals surface area (Å²) in [5, 5.41) is 9.04. The Bertz CT molecular complexity index is 1740. The van der Waals surface area contributed by atoms with Gasteiger partial charge < -0.3 is 23.7 Å². The van der Waals surface area contributed by atoms with Gasteiger partial charge in [-0.25, -0.2) is 19.2 Å². The van der Waals surface area contributed by atoms with Crippen LogP contribution in [0.4, 0.5) is 0 Å². The predicted octanol–water partition coefficient (Wildman–Crippen LogP) is 7.29. The fourth-order valence-corrected chi connectivity index (χ4v) is 4.49. The second kappa shape index (κ2) is 22.5. The summed E-state index contributed by atoms with van der Waals surface area (Å²) in [6.45, 7) is 8.11. The van der Waals surface area contributed by atoms with Crippen LogP contribution in [0.5, 0.6) is 11.5 Å². The summed E-state index contributed by atoms with van der Waals surface area (Å²) in [6, 6.07) is 20.0. The normalized spacial score (nSPS) is 10.0. The lowest BCUT2D eigenvalue weighted by Gasteiger charge is -2.11. The number of esters is 4.